The number of anilines is 2. The summed E-state index contributed by atoms with van der Waals surface area (Å²) >= 11 is 1.34. The van der Waals surface area contributed by atoms with Crippen LogP contribution in [-0.4, -0.2) is 64.7 Å². The quantitative estimate of drug-likeness (QED) is 0.454. The molecule has 3 unspecified atom stereocenters. The van der Waals surface area contributed by atoms with Gasteiger partial charge in [0.05, 0.1) is 16.7 Å². The lowest BCUT2D eigenvalue weighted by Gasteiger charge is -2.23. The van der Waals surface area contributed by atoms with Crippen molar-refractivity contribution < 1.29 is 22.8 Å². The number of nitriles is 1. The number of nitrogens with zero attached hydrogens (tertiary/aromatic N) is 3. The molecule has 1 aromatic heterocycles. The topological polar surface area (TPSA) is 110 Å². The van der Waals surface area contributed by atoms with Crippen LogP contribution in [0.15, 0.2) is 18.3 Å². The fourth-order valence-electron chi connectivity index (χ4n) is 3.28. The van der Waals surface area contributed by atoms with Gasteiger partial charge < -0.3 is 20.9 Å². The number of carbonyl (C=O) groups excluding carboxylic acids is 2. The van der Waals surface area contributed by atoms with E-state index >= 15 is 0 Å². The maximum absolute atomic E-state index is 12.8. The third-order valence-corrected chi connectivity index (χ3v) is 6.32. The Kier molecular flexibility index (Phi) is 9.43. The molecule has 2 heterocycles. The summed E-state index contributed by atoms with van der Waals surface area (Å²) in [4.78, 5) is 30.5. The first-order valence-electron chi connectivity index (χ1n) is 10.3. The van der Waals surface area contributed by atoms with Crippen molar-refractivity contribution in [2.45, 2.75) is 43.5 Å². The molecule has 3 N–H and O–H groups in total. The number of pyridine rings is 1. The highest BCUT2D eigenvalue weighted by atomic mass is 32.2. The standard InChI is InChI=1S/C20H27F3N6O2S/c1-3-25-16-10-14(5-7-27-16)26-8-6-15-19(31)29(4-2)17(32-15)9-13(11-24)18(30)28-12-20(21,22)23/h5,7,10,13,15,17H,3-4,6,8-9,12H2,1-2H3,(H,28,30)(H2,25,26,27). The molecular formula is C20H27F3N6O2S. The molecule has 0 aliphatic carbocycles. The van der Waals surface area contributed by atoms with E-state index < -0.39 is 29.9 Å². The first-order valence-corrected chi connectivity index (χ1v) is 11.3. The Bertz CT molecular complexity index is 832. The molecule has 0 saturated carbocycles. The van der Waals surface area contributed by atoms with Crippen LogP contribution >= 0.6 is 11.8 Å². The van der Waals surface area contributed by atoms with E-state index in [0.29, 0.717) is 19.5 Å². The van der Waals surface area contributed by atoms with Gasteiger partial charge in [-0.3, -0.25) is 9.59 Å². The Morgan fingerprint density at radius 3 is 2.75 bits per heavy atom. The largest absolute Gasteiger partial charge is 0.405 e. The number of hydrogen-bond donors (Lipinski definition) is 3. The minimum Gasteiger partial charge on any atom is -0.385 e. The maximum Gasteiger partial charge on any atom is 0.405 e. The molecule has 3 atom stereocenters. The van der Waals surface area contributed by atoms with Gasteiger partial charge in [0.25, 0.3) is 0 Å². The molecule has 0 bridgehead atoms. The average molecular weight is 473 g/mol. The highest BCUT2D eigenvalue weighted by molar-refractivity contribution is 8.01. The first-order chi connectivity index (χ1) is 15.2. The van der Waals surface area contributed by atoms with Crippen molar-refractivity contribution in [3.8, 4) is 6.07 Å². The summed E-state index contributed by atoms with van der Waals surface area (Å²) < 4.78 is 37.0. The van der Waals surface area contributed by atoms with E-state index in [1.54, 1.807) is 29.4 Å². The minimum absolute atomic E-state index is 0.0230. The van der Waals surface area contributed by atoms with Crippen molar-refractivity contribution in [1.82, 2.24) is 15.2 Å². The van der Waals surface area contributed by atoms with Crippen molar-refractivity contribution in [3.63, 3.8) is 0 Å². The van der Waals surface area contributed by atoms with Gasteiger partial charge in [-0.05, 0) is 26.3 Å². The second kappa shape index (κ2) is 11.8. The lowest BCUT2D eigenvalue weighted by Crippen LogP contribution is -2.40. The Balaban J connectivity index is 1.91. The molecule has 2 rings (SSSR count). The number of alkyl halides is 3. The summed E-state index contributed by atoms with van der Waals surface area (Å²) in [7, 11) is 0. The van der Waals surface area contributed by atoms with Crippen LogP contribution in [0.5, 0.6) is 0 Å². The van der Waals surface area contributed by atoms with Crippen LogP contribution in [0.3, 0.4) is 0 Å². The van der Waals surface area contributed by atoms with Crippen molar-refractivity contribution in [2.75, 3.05) is 36.8 Å². The molecule has 1 aromatic rings. The second-order valence-electron chi connectivity index (χ2n) is 7.13. The van der Waals surface area contributed by atoms with Gasteiger partial charge in [0.2, 0.25) is 11.8 Å². The van der Waals surface area contributed by atoms with Crippen LogP contribution in [0.1, 0.15) is 26.7 Å². The fourth-order valence-corrected chi connectivity index (χ4v) is 4.87. The molecule has 1 aliphatic heterocycles. The zero-order chi connectivity index (χ0) is 23.7. The number of aromatic nitrogens is 1. The van der Waals surface area contributed by atoms with E-state index in [1.807, 2.05) is 19.1 Å². The summed E-state index contributed by atoms with van der Waals surface area (Å²) in [6.45, 7) is 3.93. The van der Waals surface area contributed by atoms with Gasteiger partial charge in [-0.1, -0.05) is 0 Å². The van der Waals surface area contributed by atoms with Gasteiger partial charge in [-0.15, -0.1) is 11.8 Å². The number of nitrogens with one attached hydrogen (secondary N) is 3. The summed E-state index contributed by atoms with van der Waals surface area (Å²) in [5.41, 5.74) is 0.862. The highest BCUT2D eigenvalue weighted by Gasteiger charge is 2.41. The lowest BCUT2D eigenvalue weighted by molar-refractivity contribution is -0.140. The van der Waals surface area contributed by atoms with Crippen molar-refractivity contribution in [2.24, 2.45) is 5.92 Å². The van der Waals surface area contributed by atoms with Gasteiger partial charge in [-0.2, -0.15) is 18.4 Å². The minimum atomic E-state index is -4.55. The van der Waals surface area contributed by atoms with Gasteiger partial charge in [0, 0.05) is 44.0 Å². The van der Waals surface area contributed by atoms with Gasteiger partial charge in [0.1, 0.15) is 18.3 Å². The zero-order valence-corrected chi connectivity index (χ0v) is 18.7. The SMILES string of the molecule is CCNc1cc(NCCC2SC(CC(C#N)C(=O)NCC(F)(F)F)N(CC)C2=O)ccn1. The van der Waals surface area contributed by atoms with Crippen molar-refractivity contribution in [3.05, 3.63) is 18.3 Å². The number of carbonyl (C=O) groups is 2. The van der Waals surface area contributed by atoms with Gasteiger partial charge in [-0.25, -0.2) is 4.98 Å². The molecule has 0 aromatic carbocycles. The second-order valence-corrected chi connectivity index (χ2v) is 8.51. The molecule has 2 amide bonds. The Morgan fingerprint density at radius 1 is 1.38 bits per heavy atom. The van der Waals surface area contributed by atoms with E-state index in [-0.39, 0.29) is 17.6 Å². The lowest BCUT2D eigenvalue weighted by atomic mass is 10.1. The van der Waals surface area contributed by atoms with E-state index in [1.165, 1.54) is 11.8 Å². The zero-order valence-electron chi connectivity index (χ0n) is 17.9. The summed E-state index contributed by atoms with van der Waals surface area (Å²) in [5, 5.41) is 16.6. The molecule has 8 nitrogen and oxygen atoms in total. The predicted molar refractivity (Wildman–Crippen MR) is 117 cm³/mol. The molecular weight excluding hydrogens is 445 g/mol. The van der Waals surface area contributed by atoms with Crippen molar-refractivity contribution in [1.29, 1.82) is 5.26 Å². The van der Waals surface area contributed by atoms with E-state index in [9.17, 15) is 28.0 Å². The van der Waals surface area contributed by atoms with Gasteiger partial charge in [0.15, 0.2) is 0 Å². The summed E-state index contributed by atoms with van der Waals surface area (Å²) in [5.74, 6) is -1.60. The molecule has 1 aliphatic rings. The van der Waals surface area contributed by atoms with Crippen LogP contribution in [-0.2, 0) is 9.59 Å². The Labute approximate surface area is 189 Å². The van der Waals surface area contributed by atoms with Crippen LogP contribution in [0.4, 0.5) is 24.7 Å². The normalized spacial score (nSPS) is 19.4. The van der Waals surface area contributed by atoms with E-state index in [0.717, 1.165) is 18.1 Å². The Hall–Kier alpha value is -2.68. The average Bonchev–Trinajstić information content (AvgIpc) is 3.04. The molecule has 1 saturated heterocycles. The first kappa shape index (κ1) is 25.6. The van der Waals surface area contributed by atoms with Gasteiger partial charge >= 0.3 is 6.18 Å². The molecule has 176 valence electrons. The number of thioether (sulfide) groups is 1. The van der Waals surface area contributed by atoms with E-state index in [2.05, 4.69) is 15.6 Å². The monoisotopic (exact) mass is 472 g/mol. The Morgan fingerprint density at radius 2 is 2.12 bits per heavy atom. The number of halogens is 3. The highest BCUT2D eigenvalue weighted by Crippen LogP contribution is 2.37. The van der Waals surface area contributed by atoms with Crippen LogP contribution in [0.25, 0.3) is 0 Å². The summed E-state index contributed by atoms with van der Waals surface area (Å²) in [6, 6.07) is 5.45. The number of hydrogen-bond acceptors (Lipinski definition) is 7. The molecule has 0 spiro atoms. The van der Waals surface area contributed by atoms with Crippen LogP contribution in [0, 0.1) is 17.2 Å². The molecule has 1 fully saturated rings. The molecule has 32 heavy (non-hydrogen) atoms. The third kappa shape index (κ3) is 7.47. The summed E-state index contributed by atoms with van der Waals surface area (Å²) in [6.07, 6.45) is -2.38. The maximum atomic E-state index is 12.8. The third-order valence-electron chi connectivity index (χ3n) is 4.79. The molecule has 0 radical (unpaired) electrons. The molecule has 12 heteroatoms. The fraction of sp³-hybridized carbons (Fsp3) is 0.600. The van der Waals surface area contributed by atoms with E-state index in [4.69, 9.17) is 0 Å². The van der Waals surface area contributed by atoms with Crippen LogP contribution < -0.4 is 16.0 Å². The number of rotatable bonds is 11. The smallest absolute Gasteiger partial charge is 0.385 e. The van der Waals surface area contributed by atoms with Crippen molar-refractivity contribution >= 4 is 35.1 Å². The number of amides is 2. The van der Waals surface area contributed by atoms with Crippen LogP contribution in [0.2, 0.25) is 0 Å². The predicted octanol–water partition coefficient (Wildman–Crippen LogP) is 2.81.